The summed E-state index contributed by atoms with van der Waals surface area (Å²) in [5, 5.41) is 10.3. The molecule has 0 atom stereocenters. The summed E-state index contributed by atoms with van der Waals surface area (Å²) in [6.07, 6.45) is 0. The quantitative estimate of drug-likeness (QED) is 0.518. The molecule has 0 bridgehead atoms. The van der Waals surface area contributed by atoms with Gasteiger partial charge in [0.2, 0.25) is 4.77 Å². The minimum absolute atomic E-state index is 0.0324. The molecule has 0 aliphatic rings. The predicted octanol–water partition coefficient (Wildman–Crippen LogP) is 0.604. The molecule has 0 spiro atoms. The maximum atomic E-state index is 8.08. The van der Waals surface area contributed by atoms with Crippen LogP contribution in [0.3, 0.4) is 0 Å². The Morgan fingerprint density at radius 3 is 2.88 bits per heavy atom. The van der Waals surface area contributed by atoms with Gasteiger partial charge >= 0.3 is 5.89 Å². The maximum Gasteiger partial charge on any atom is 0.326 e. The molecule has 0 unspecified atom stereocenters. The first-order chi connectivity index (χ1) is 3.83. The smallest absolute Gasteiger partial charge is 0.326 e. The van der Waals surface area contributed by atoms with Crippen LogP contribution < -0.4 is 0 Å². The van der Waals surface area contributed by atoms with Gasteiger partial charge < -0.3 is 4.52 Å². The molecule has 5 heteroatoms. The maximum absolute atomic E-state index is 8.08. The molecule has 0 saturated heterocycles. The zero-order valence-corrected chi connectivity index (χ0v) is 4.53. The molecule has 0 radical (unpaired) electrons. The summed E-state index contributed by atoms with van der Waals surface area (Å²) < 4.78 is 4.61. The lowest BCUT2D eigenvalue weighted by molar-refractivity contribution is 0.404. The van der Waals surface area contributed by atoms with Crippen LogP contribution >= 0.6 is 12.2 Å². The number of nitrogens with zero attached hydrogens (tertiary/aromatic N) is 2. The Balaban J connectivity index is 3.25. The van der Waals surface area contributed by atoms with Crippen LogP contribution in [0.25, 0.3) is 0 Å². The number of hydrogen-bond donors (Lipinski definition) is 1. The van der Waals surface area contributed by atoms with Gasteiger partial charge in [-0.1, -0.05) is 0 Å². The fraction of sp³-hybridized carbons (Fsp3) is 0. The van der Waals surface area contributed by atoms with Gasteiger partial charge in [0.25, 0.3) is 0 Å². The summed E-state index contributed by atoms with van der Waals surface area (Å²) >= 11 is 4.49. The first kappa shape index (κ1) is 5.00. The van der Waals surface area contributed by atoms with Gasteiger partial charge in [0.15, 0.2) is 6.07 Å². The van der Waals surface area contributed by atoms with Crippen LogP contribution in [0.15, 0.2) is 4.52 Å². The van der Waals surface area contributed by atoms with Crippen molar-refractivity contribution in [2.24, 2.45) is 0 Å². The second kappa shape index (κ2) is 1.76. The highest BCUT2D eigenvalue weighted by atomic mass is 32.1. The molecule has 0 aliphatic carbocycles. The molecule has 0 aliphatic heterocycles. The number of nitriles is 1. The Morgan fingerprint density at radius 1 is 1.88 bits per heavy atom. The summed E-state index contributed by atoms with van der Waals surface area (Å²) in [5.74, 6) is -0.0324. The molecule has 0 amide bonds. The Bertz CT molecular complexity index is 267. The van der Waals surface area contributed by atoms with Crippen LogP contribution in [0, 0.1) is 16.1 Å². The van der Waals surface area contributed by atoms with Gasteiger partial charge in [-0.05, 0) is 12.2 Å². The Labute approximate surface area is 49.7 Å². The van der Waals surface area contributed by atoms with Crippen molar-refractivity contribution in [2.45, 2.75) is 0 Å². The average molecular weight is 127 g/mol. The van der Waals surface area contributed by atoms with Crippen LogP contribution in [-0.2, 0) is 0 Å². The van der Waals surface area contributed by atoms with E-state index < -0.39 is 0 Å². The van der Waals surface area contributed by atoms with E-state index >= 15 is 0 Å². The largest absolute Gasteiger partial charge is 0.347 e. The van der Waals surface area contributed by atoms with Gasteiger partial charge in [-0.3, -0.25) is 0 Å². The SMILES string of the molecule is N#Cc1nc(=S)[nH]o1. The molecule has 1 N–H and O–H groups in total. The zero-order valence-electron chi connectivity index (χ0n) is 3.71. The summed E-state index contributed by atoms with van der Waals surface area (Å²) in [6.45, 7) is 0. The van der Waals surface area contributed by atoms with Crippen molar-refractivity contribution in [1.29, 1.82) is 5.26 Å². The minimum Gasteiger partial charge on any atom is -0.347 e. The van der Waals surface area contributed by atoms with Crippen LogP contribution in [0.5, 0.6) is 0 Å². The second-order valence-corrected chi connectivity index (χ2v) is 1.42. The molecule has 0 aromatic carbocycles. The van der Waals surface area contributed by atoms with Crippen molar-refractivity contribution < 1.29 is 4.52 Å². The van der Waals surface area contributed by atoms with Crippen molar-refractivity contribution >= 4 is 12.2 Å². The monoisotopic (exact) mass is 127 g/mol. The number of aromatic amines is 1. The minimum atomic E-state index is -0.0324. The molecular weight excluding hydrogens is 126 g/mol. The van der Waals surface area contributed by atoms with Gasteiger partial charge in [-0.2, -0.15) is 15.4 Å². The lowest BCUT2D eigenvalue weighted by atomic mass is 10.8. The Kier molecular flexibility index (Phi) is 1.10. The molecule has 8 heavy (non-hydrogen) atoms. The average Bonchev–Trinajstić information content (AvgIpc) is 2.14. The predicted molar refractivity (Wildman–Crippen MR) is 26.4 cm³/mol. The Hall–Kier alpha value is -1.15. The van der Waals surface area contributed by atoms with Gasteiger partial charge in [-0.25, -0.2) is 0 Å². The number of aromatic nitrogens is 2. The topological polar surface area (TPSA) is 65.6 Å². The van der Waals surface area contributed by atoms with Crippen LogP contribution in [-0.4, -0.2) is 10.1 Å². The molecule has 1 aromatic heterocycles. The summed E-state index contributed by atoms with van der Waals surface area (Å²) in [4.78, 5) is 3.46. The fourth-order valence-corrected chi connectivity index (χ4v) is 0.402. The normalized spacial score (nSPS) is 8.38. The third-order valence-electron chi connectivity index (χ3n) is 0.534. The lowest BCUT2D eigenvalue weighted by Gasteiger charge is -1.61. The van der Waals surface area contributed by atoms with E-state index in [1.54, 1.807) is 6.07 Å². The van der Waals surface area contributed by atoms with E-state index in [0.29, 0.717) is 0 Å². The van der Waals surface area contributed by atoms with Gasteiger partial charge in [0.05, 0.1) is 0 Å². The lowest BCUT2D eigenvalue weighted by Crippen LogP contribution is -1.66. The van der Waals surface area contributed by atoms with Gasteiger partial charge in [-0.15, -0.1) is 0 Å². The molecule has 0 saturated carbocycles. The van der Waals surface area contributed by atoms with Crippen LogP contribution in [0.2, 0.25) is 0 Å². The van der Waals surface area contributed by atoms with Crippen molar-refractivity contribution in [3.8, 4) is 6.07 Å². The van der Waals surface area contributed by atoms with Crippen LogP contribution in [0.1, 0.15) is 5.89 Å². The summed E-state index contributed by atoms with van der Waals surface area (Å²) in [5.41, 5.74) is 0. The highest BCUT2D eigenvalue weighted by molar-refractivity contribution is 7.71. The van der Waals surface area contributed by atoms with E-state index in [1.165, 1.54) is 0 Å². The van der Waals surface area contributed by atoms with Crippen LogP contribution in [0.4, 0.5) is 0 Å². The molecular formula is C3HN3OS. The summed E-state index contributed by atoms with van der Waals surface area (Å²) in [7, 11) is 0. The molecule has 0 fully saturated rings. The summed E-state index contributed by atoms with van der Waals surface area (Å²) in [6, 6.07) is 1.67. The number of H-pyrrole nitrogens is 1. The molecule has 4 nitrogen and oxygen atoms in total. The van der Waals surface area contributed by atoms with E-state index in [9.17, 15) is 0 Å². The van der Waals surface area contributed by atoms with E-state index in [4.69, 9.17) is 5.26 Å². The van der Waals surface area contributed by atoms with Crippen molar-refractivity contribution in [1.82, 2.24) is 10.1 Å². The van der Waals surface area contributed by atoms with E-state index in [1.807, 2.05) is 0 Å². The van der Waals surface area contributed by atoms with Gasteiger partial charge in [0, 0.05) is 0 Å². The number of nitrogens with one attached hydrogen (secondary N) is 1. The van der Waals surface area contributed by atoms with E-state index in [2.05, 4.69) is 26.9 Å². The first-order valence-corrected chi connectivity index (χ1v) is 2.19. The van der Waals surface area contributed by atoms with Gasteiger partial charge in [0.1, 0.15) is 0 Å². The molecule has 1 heterocycles. The first-order valence-electron chi connectivity index (χ1n) is 1.78. The fourth-order valence-electron chi connectivity index (χ4n) is 0.278. The van der Waals surface area contributed by atoms with E-state index in [-0.39, 0.29) is 10.7 Å². The van der Waals surface area contributed by atoms with Crippen molar-refractivity contribution in [3.63, 3.8) is 0 Å². The third-order valence-corrected chi connectivity index (χ3v) is 0.708. The number of rotatable bonds is 0. The van der Waals surface area contributed by atoms with E-state index in [0.717, 1.165) is 0 Å². The molecule has 1 aromatic rings. The standard InChI is InChI=1S/C3HN3OS/c4-1-2-5-3(8)6-7-2/h(H,6,8). The molecule has 40 valence electrons. The highest BCUT2D eigenvalue weighted by Gasteiger charge is 1.91. The van der Waals surface area contributed by atoms with Crippen molar-refractivity contribution in [3.05, 3.63) is 10.7 Å². The second-order valence-electron chi connectivity index (χ2n) is 1.04. The number of hydrogen-bond acceptors (Lipinski definition) is 4. The third kappa shape index (κ3) is 0.741. The highest BCUT2D eigenvalue weighted by Crippen LogP contribution is 1.86. The molecule has 1 rings (SSSR count). The zero-order chi connectivity index (χ0) is 5.98. The Morgan fingerprint density at radius 2 is 2.62 bits per heavy atom. The van der Waals surface area contributed by atoms with Crippen molar-refractivity contribution in [2.75, 3.05) is 0 Å².